The van der Waals surface area contributed by atoms with Crippen molar-refractivity contribution in [1.82, 2.24) is 5.32 Å². The molecule has 1 aromatic rings. The van der Waals surface area contributed by atoms with E-state index in [1.165, 1.54) is 12.0 Å². The van der Waals surface area contributed by atoms with Crippen molar-refractivity contribution >= 4 is 0 Å². The van der Waals surface area contributed by atoms with E-state index in [4.69, 9.17) is 4.74 Å². The molecule has 0 fully saturated rings. The molecule has 0 spiro atoms. The van der Waals surface area contributed by atoms with Crippen LogP contribution in [0.1, 0.15) is 38.8 Å². The van der Waals surface area contributed by atoms with E-state index in [0.717, 1.165) is 12.4 Å². The Morgan fingerprint density at radius 1 is 1.19 bits per heavy atom. The molecule has 0 aliphatic carbocycles. The molecule has 16 heavy (non-hydrogen) atoms. The van der Waals surface area contributed by atoms with Crippen LogP contribution in [0, 0.1) is 5.92 Å². The van der Waals surface area contributed by atoms with Crippen LogP contribution in [0.25, 0.3) is 0 Å². The minimum atomic E-state index is 0.431. The SMILES string of the molecule is CCOc1ccc(C(NC)C(C)CC)cc1. The Morgan fingerprint density at radius 2 is 1.81 bits per heavy atom. The van der Waals surface area contributed by atoms with Crippen molar-refractivity contribution in [2.45, 2.75) is 33.2 Å². The molecule has 2 unspecified atom stereocenters. The van der Waals surface area contributed by atoms with Crippen LogP contribution in [0.2, 0.25) is 0 Å². The molecule has 2 atom stereocenters. The van der Waals surface area contributed by atoms with E-state index in [-0.39, 0.29) is 0 Å². The van der Waals surface area contributed by atoms with Crippen molar-refractivity contribution in [3.8, 4) is 5.75 Å². The van der Waals surface area contributed by atoms with Gasteiger partial charge in [0.15, 0.2) is 0 Å². The molecule has 0 aromatic heterocycles. The van der Waals surface area contributed by atoms with Gasteiger partial charge in [0, 0.05) is 6.04 Å². The Balaban J connectivity index is 2.78. The summed E-state index contributed by atoms with van der Waals surface area (Å²) in [5.74, 6) is 1.59. The zero-order valence-electron chi connectivity index (χ0n) is 10.8. The average molecular weight is 221 g/mol. The summed E-state index contributed by atoms with van der Waals surface area (Å²) in [6, 6.07) is 8.83. The zero-order chi connectivity index (χ0) is 12.0. The first-order chi connectivity index (χ1) is 7.72. The fourth-order valence-electron chi connectivity index (χ4n) is 1.95. The van der Waals surface area contributed by atoms with Crippen LogP contribution in [0.4, 0.5) is 0 Å². The van der Waals surface area contributed by atoms with Crippen LogP contribution in [-0.4, -0.2) is 13.7 Å². The number of hydrogen-bond donors (Lipinski definition) is 1. The second-order valence-electron chi connectivity index (χ2n) is 4.15. The lowest BCUT2D eigenvalue weighted by atomic mass is 9.93. The fraction of sp³-hybridized carbons (Fsp3) is 0.571. The van der Waals surface area contributed by atoms with Crippen LogP contribution >= 0.6 is 0 Å². The normalized spacial score (nSPS) is 14.5. The summed E-state index contributed by atoms with van der Waals surface area (Å²) in [7, 11) is 2.02. The largest absolute Gasteiger partial charge is 0.494 e. The van der Waals surface area contributed by atoms with E-state index in [2.05, 4.69) is 31.3 Å². The molecule has 0 amide bonds. The van der Waals surface area contributed by atoms with Crippen molar-refractivity contribution in [3.05, 3.63) is 29.8 Å². The minimum absolute atomic E-state index is 0.431. The van der Waals surface area contributed by atoms with Crippen LogP contribution < -0.4 is 10.1 Å². The molecule has 0 saturated carbocycles. The van der Waals surface area contributed by atoms with Gasteiger partial charge in [-0.25, -0.2) is 0 Å². The molecular weight excluding hydrogens is 198 g/mol. The van der Waals surface area contributed by atoms with Gasteiger partial charge >= 0.3 is 0 Å². The first kappa shape index (κ1) is 13.0. The Morgan fingerprint density at radius 3 is 2.25 bits per heavy atom. The molecule has 0 aliphatic heterocycles. The highest BCUT2D eigenvalue weighted by molar-refractivity contribution is 5.29. The van der Waals surface area contributed by atoms with Crippen molar-refractivity contribution in [1.29, 1.82) is 0 Å². The highest BCUT2D eigenvalue weighted by Crippen LogP contribution is 2.25. The number of nitrogens with one attached hydrogen (secondary N) is 1. The monoisotopic (exact) mass is 221 g/mol. The quantitative estimate of drug-likeness (QED) is 0.795. The molecule has 0 saturated heterocycles. The second kappa shape index (κ2) is 6.54. The Kier molecular flexibility index (Phi) is 5.33. The second-order valence-corrected chi connectivity index (χ2v) is 4.15. The van der Waals surface area contributed by atoms with Gasteiger partial charge in [0.05, 0.1) is 6.61 Å². The molecule has 1 aromatic carbocycles. The van der Waals surface area contributed by atoms with E-state index in [1.807, 2.05) is 26.1 Å². The van der Waals surface area contributed by atoms with E-state index < -0.39 is 0 Å². The van der Waals surface area contributed by atoms with Crippen molar-refractivity contribution in [3.63, 3.8) is 0 Å². The summed E-state index contributed by atoms with van der Waals surface area (Å²) < 4.78 is 5.44. The molecule has 2 heteroatoms. The van der Waals surface area contributed by atoms with Gasteiger partial charge in [-0.2, -0.15) is 0 Å². The topological polar surface area (TPSA) is 21.3 Å². The summed E-state index contributed by atoms with van der Waals surface area (Å²) >= 11 is 0. The lowest BCUT2D eigenvalue weighted by Crippen LogP contribution is -2.22. The predicted molar refractivity (Wildman–Crippen MR) is 68.9 cm³/mol. The third-order valence-corrected chi connectivity index (χ3v) is 3.07. The lowest BCUT2D eigenvalue weighted by Gasteiger charge is -2.23. The average Bonchev–Trinajstić information content (AvgIpc) is 2.32. The number of ether oxygens (including phenoxy) is 1. The smallest absolute Gasteiger partial charge is 0.119 e. The van der Waals surface area contributed by atoms with Crippen LogP contribution in [-0.2, 0) is 0 Å². The molecule has 1 N–H and O–H groups in total. The van der Waals surface area contributed by atoms with Gasteiger partial charge in [0.25, 0.3) is 0 Å². The Bertz CT molecular complexity index is 294. The first-order valence-corrected chi connectivity index (χ1v) is 6.12. The molecule has 90 valence electrons. The third kappa shape index (κ3) is 3.24. The van der Waals surface area contributed by atoms with Crippen LogP contribution in [0.3, 0.4) is 0 Å². The predicted octanol–water partition coefficient (Wildman–Crippen LogP) is 3.39. The Labute approximate surface area is 99.0 Å². The van der Waals surface area contributed by atoms with Crippen molar-refractivity contribution < 1.29 is 4.74 Å². The summed E-state index contributed by atoms with van der Waals surface area (Å²) in [4.78, 5) is 0. The third-order valence-electron chi connectivity index (χ3n) is 3.07. The van der Waals surface area contributed by atoms with Gasteiger partial charge in [-0.1, -0.05) is 32.4 Å². The highest BCUT2D eigenvalue weighted by atomic mass is 16.5. The van der Waals surface area contributed by atoms with E-state index in [1.54, 1.807) is 0 Å². The summed E-state index contributed by atoms with van der Waals surface area (Å²) in [5, 5.41) is 3.38. The molecule has 0 bridgehead atoms. The van der Waals surface area contributed by atoms with E-state index in [9.17, 15) is 0 Å². The van der Waals surface area contributed by atoms with Gasteiger partial charge in [0.1, 0.15) is 5.75 Å². The molecule has 1 rings (SSSR count). The zero-order valence-corrected chi connectivity index (χ0v) is 10.8. The molecule has 0 radical (unpaired) electrons. The maximum Gasteiger partial charge on any atom is 0.119 e. The van der Waals surface area contributed by atoms with Crippen LogP contribution in [0.15, 0.2) is 24.3 Å². The highest BCUT2D eigenvalue weighted by Gasteiger charge is 2.15. The Hall–Kier alpha value is -1.02. The van der Waals surface area contributed by atoms with Gasteiger partial charge in [0.2, 0.25) is 0 Å². The van der Waals surface area contributed by atoms with E-state index in [0.29, 0.717) is 12.0 Å². The number of hydrogen-bond acceptors (Lipinski definition) is 2. The van der Waals surface area contributed by atoms with Crippen molar-refractivity contribution in [2.24, 2.45) is 5.92 Å². The number of benzene rings is 1. The standard InChI is InChI=1S/C14H23NO/c1-5-11(3)14(15-4)12-7-9-13(10-8-12)16-6-2/h7-11,14-15H,5-6H2,1-4H3. The summed E-state index contributed by atoms with van der Waals surface area (Å²) in [5.41, 5.74) is 1.33. The summed E-state index contributed by atoms with van der Waals surface area (Å²) in [6.07, 6.45) is 1.18. The number of rotatable bonds is 6. The van der Waals surface area contributed by atoms with Gasteiger partial charge < -0.3 is 10.1 Å². The van der Waals surface area contributed by atoms with Gasteiger partial charge in [-0.3, -0.25) is 0 Å². The summed E-state index contributed by atoms with van der Waals surface area (Å²) in [6.45, 7) is 7.23. The lowest BCUT2D eigenvalue weighted by molar-refractivity contribution is 0.339. The molecule has 0 aliphatic rings. The molecular formula is C14H23NO. The van der Waals surface area contributed by atoms with E-state index >= 15 is 0 Å². The minimum Gasteiger partial charge on any atom is -0.494 e. The van der Waals surface area contributed by atoms with Crippen molar-refractivity contribution in [2.75, 3.05) is 13.7 Å². The maximum atomic E-state index is 5.44. The molecule has 0 heterocycles. The van der Waals surface area contributed by atoms with Crippen LogP contribution in [0.5, 0.6) is 5.75 Å². The fourth-order valence-corrected chi connectivity index (χ4v) is 1.95. The van der Waals surface area contributed by atoms with Gasteiger partial charge in [-0.15, -0.1) is 0 Å². The first-order valence-electron chi connectivity index (χ1n) is 6.12. The molecule has 2 nitrogen and oxygen atoms in total. The maximum absolute atomic E-state index is 5.44. The van der Waals surface area contributed by atoms with Gasteiger partial charge in [-0.05, 0) is 37.6 Å².